The molecule has 0 aromatic heterocycles. The van der Waals surface area contributed by atoms with Gasteiger partial charge in [0.15, 0.2) is 5.17 Å². The van der Waals surface area contributed by atoms with Crippen molar-refractivity contribution in [3.05, 3.63) is 130 Å². The van der Waals surface area contributed by atoms with Gasteiger partial charge in [-0.15, -0.1) is 0 Å². The number of aromatic hydroxyl groups is 1. The number of thioether (sulfide) groups is 1. The molecule has 7 rings (SSSR count). The fourth-order valence-electron chi connectivity index (χ4n) is 6.22. The third-order valence-corrected chi connectivity index (χ3v) is 8.98. The van der Waals surface area contributed by atoms with Gasteiger partial charge >= 0.3 is 0 Å². The first-order valence-electron chi connectivity index (χ1n) is 13.7. The number of nitrogens with one attached hydrogen (secondary N) is 1. The highest BCUT2D eigenvalue weighted by Crippen LogP contribution is 2.50. The van der Waals surface area contributed by atoms with Crippen LogP contribution in [0.4, 0.5) is 11.4 Å². The molecule has 4 aromatic carbocycles. The molecule has 0 bridgehead atoms. The van der Waals surface area contributed by atoms with E-state index in [0.717, 1.165) is 37.2 Å². The van der Waals surface area contributed by atoms with Gasteiger partial charge in [-0.2, -0.15) is 0 Å². The van der Waals surface area contributed by atoms with E-state index >= 15 is 0 Å². The Bertz CT molecular complexity index is 1560. The molecule has 1 amide bonds. The maximum Gasteiger partial charge on any atom is 0.264 e. The monoisotopic (exact) mass is 543 g/mol. The zero-order chi connectivity index (χ0) is 27.1. The number of phenolic OH excluding ortho intramolecular Hbond substituents is 1. The minimum absolute atomic E-state index is 0.161. The van der Waals surface area contributed by atoms with Crippen LogP contribution in [-0.4, -0.2) is 29.3 Å². The molecule has 0 radical (unpaired) electrons. The minimum atomic E-state index is -0.161. The number of rotatable bonds is 4. The van der Waals surface area contributed by atoms with Gasteiger partial charge in [-0.3, -0.25) is 4.79 Å². The predicted octanol–water partition coefficient (Wildman–Crippen LogP) is 7.16. The second-order valence-electron chi connectivity index (χ2n) is 10.5. The minimum Gasteiger partial charge on any atom is -0.508 e. The lowest BCUT2D eigenvalue weighted by Gasteiger charge is -2.43. The van der Waals surface area contributed by atoms with E-state index in [0.29, 0.717) is 21.9 Å². The van der Waals surface area contributed by atoms with Gasteiger partial charge < -0.3 is 15.3 Å². The molecule has 1 fully saturated rings. The first kappa shape index (κ1) is 24.7. The van der Waals surface area contributed by atoms with Crippen LogP contribution in [0.5, 0.6) is 5.75 Å². The van der Waals surface area contributed by atoms with Crippen molar-refractivity contribution in [3.8, 4) is 5.75 Å². The number of nitrogens with zero attached hydrogens (tertiary/aromatic N) is 2. The number of hydrogen-bond acceptors (Lipinski definition) is 5. The zero-order valence-electron chi connectivity index (χ0n) is 22.0. The van der Waals surface area contributed by atoms with Crippen molar-refractivity contribution in [1.29, 1.82) is 0 Å². The average molecular weight is 544 g/mol. The third-order valence-electron chi connectivity index (χ3n) is 8.07. The lowest BCUT2D eigenvalue weighted by Crippen LogP contribution is -2.37. The van der Waals surface area contributed by atoms with Gasteiger partial charge in [0.05, 0.1) is 10.6 Å². The summed E-state index contributed by atoms with van der Waals surface area (Å²) in [5.74, 6) is 0.644. The normalized spacial score (nSPS) is 21.9. The number of phenols is 1. The smallest absolute Gasteiger partial charge is 0.264 e. The quantitative estimate of drug-likeness (QED) is 0.268. The average Bonchev–Trinajstić information content (AvgIpc) is 3.33. The molecule has 3 aliphatic rings. The van der Waals surface area contributed by atoms with E-state index in [1.165, 1.54) is 39.7 Å². The van der Waals surface area contributed by atoms with Crippen molar-refractivity contribution < 1.29 is 9.90 Å². The lowest BCUT2D eigenvalue weighted by atomic mass is 9.76. The summed E-state index contributed by atoms with van der Waals surface area (Å²) >= 11 is 1.35. The van der Waals surface area contributed by atoms with E-state index in [1.807, 2.05) is 6.08 Å². The molecule has 0 unspecified atom stereocenters. The van der Waals surface area contributed by atoms with Crippen molar-refractivity contribution in [2.24, 2.45) is 4.99 Å². The maximum absolute atomic E-state index is 12.8. The molecule has 2 atom stereocenters. The number of hydrogen-bond donors (Lipinski definition) is 2. The summed E-state index contributed by atoms with van der Waals surface area (Å²) in [6, 6.07) is 32.9. The Morgan fingerprint density at radius 2 is 1.40 bits per heavy atom. The van der Waals surface area contributed by atoms with E-state index in [4.69, 9.17) is 4.99 Å². The van der Waals surface area contributed by atoms with Gasteiger partial charge in [-0.05, 0) is 82.8 Å². The molecule has 0 aliphatic carbocycles. The largest absolute Gasteiger partial charge is 0.508 e. The molecular weight excluding hydrogens is 514 g/mol. The Hall–Kier alpha value is -4.29. The molecule has 198 valence electrons. The summed E-state index contributed by atoms with van der Waals surface area (Å²) in [4.78, 5) is 20.9. The summed E-state index contributed by atoms with van der Waals surface area (Å²) in [5, 5.41) is 13.1. The highest BCUT2D eigenvalue weighted by atomic mass is 32.2. The molecule has 5 nitrogen and oxygen atoms in total. The molecule has 0 spiro atoms. The van der Waals surface area contributed by atoms with Crippen molar-refractivity contribution in [2.75, 3.05) is 18.0 Å². The second-order valence-corrected chi connectivity index (χ2v) is 11.6. The van der Waals surface area contributed by atoms with E-state index in [1.54, 1.807) is 24.3 Å². The topological polar surface area (TPSA) is 64.9 Å². The van der Waals surface area contributed by atoms with Crippen LogP contribution in [0.2, 0.25) is 0 Å². The highest BCUT2D eigenvalue weighted by Gasteiger charge is 2.35. The van der Waals surface area contributed by atoms with Gasteiger partial charge in [0.1, 0.15) is 5.75 Å². The van der Waals surface area contributed by atoms with E-state index in [9.17, 15) is 9.90 Å². The number of amides is 1. The Morgan fingerprint density at radius 1 is 0.825 bits per heavy atom. The van der Waals surface area contributed by atoms with Crippen molar-refractivity contribution in [2.45, 2.75) is 24.7 Å². The zero-order valence-corrected chi connectivity index (χ0v) is 22.8. The molecule has 6 heteroatoms. The molecule has 2 N–H and O–H groups in total. The van der Waals surface area contributed by atoms with Crippen LogP contribution in [0.25, 0.3) is 6.08 Å². The summed E-state index contributed by atoms with van der Waals surface area (Å²) < 4.78 is 0. The SMILES string of the molecule is O=C1NC(=Nc2cc3c4c(c2)[C@H](c2ccccc2)CCN4CC[C@H]3c2ccccc2)S/C1=C\c1ccc(O)cc1. The Morgan fingerprint density at radius 3 is 1.98 bits per heavy atom. The van der Waals surface area contributed by atoms with E-state index in [2.05, 4.69) is 83.0 Å². The van der Waals surface area contributed by atoms with Crippen molar-refractivity contribution >= 4 is 40.3 Å². The van der Waals surface area contributed by atoms with Crippen LogP contribution in [0.1, 0.15) is 52.5 Å². The lowest BCUT2D eigenvalue weighted by molar-refractivity contribution is -0.115. The van der Waals surface area contributed by atoms with Gasteiger partial charge in [0.25, 0.3) is 5.91 Å². The Balaban J connectivity index is 1.31. The fourth-order valence-corrected chi connectivity index (χ4v) is 7.07. The predicted molar refractivity (Wildman–Crippen MR) is 163 cm³/mol. The third kappa shape index (κ3) is 4.69. The van der Waals surface area contributed by atoms with E-state index in [-0.39, 0.29) is 11.7 Å². The number of anilines is 1. The van der Waals surface area contributed by atoms with Crippen LogP contribution >= 0.6 is 11.8 Å². The number of amidine groups is 1. The number of carbonyl (C=O) groups excluding carboxylic acids is 1. The van der Waals surface area contributed by atoms with Crippen molar-refractivity contribution in [3.63, 3.8) is 0 Å². The molecule has 4 aromatic rings. The standard InChI is InChI=1S/C34H29N3O2S/c38-26-13-11-22(12-14-26)19-31-33(39)36-34(40-31)35-25-20-29-27(23-7-3-1-4-8-23)15-17-37-18-16-28(30(21-25)32(29)37)24-9-5-2-6-10-24/h1-14,19-21,27-28,38H,15-18H2,(H,35,36,39)/b31-19-/t27-,28-/m0/s1. The summed E-state index contributed by atoms with van der Waals surface area (Å²) in [6.45, 7) is 2.10. The molecular formula is C34H29N3O2S. The summed E-state index contributed by atoms with van der Waals surface area (Å²) in [7, 11) is 0. The second kappa shape index (κ2) is 10.4. The molecule has 3 heterocycles. The van der Waals surface area contributed by atoms with Crippen LogP contribution in [0.15, 0.2) is 107 Å². The van der Waals surface area contributed by atoms with Gasteiger partial charge in [0, 0.05) is 30.6 Å². The van der Waals surface area contributed by atoms with Crippen LogP contribution in [0, 0.1) is 0 Å². The molecule has 1 saturated heterocycles. The summed E-state index contributed by atoms with van der Waals surface area (Å²) in [6.07, 6.45) is 3.96. The number of benzene rings is 4. The van der Waals surface area contributed by atoms with Gasteiger partial charge in [0.2, 0.25) is 0 Å². The van der Waals surface area contributed by atoms with Crippen LogP contribution < -0.4 is 10.2 Å². The first-order valence-corrected chi connectivity index (χ1v) is 14.6. The Labute approximate surface area is 238 Å². The van der Waals surface area contributed by atoms with Gasteiger partial charge in [-0.1, -0.05) is 72.8 Å². The van der Waals surface area contributed by atoms with Gasteiger partial charge in [-0.25, -0.2) is 4.99 Å². The molecule has 40 heavy (non-hydrogen) atoms. The van der Waals surface area contributed by atoms with Crippen LogP contribution in [0.3, 0.4) is 0 Å². The fraction of sp³-hybridized carbons (Fsp3) is 0.176. The van der Waals surface area contributed by atoms with Crippen molar-refractivity contribution in [1.82, 2.24) is 5.32 Å². The molecule has 3 aliphatic heterocycles. The first-order chi connectivity index (χ1) is 19.6. The van der Waals surface area contributed by atoms with Crippen LogP contribution in [-0.2, 0) is 4.79 Å². The maximum atomic E-state index is 12.8. The number of carbonyl (C=O) groups is 1. The Kier molecular flexibility index (Phi) is 6.40. The highest BCUT2D eigenvalue weighted by molar-refractivity contribution is 8.18. The van der Waals surface area contributed by atoms with E-state index < -0.39 is 0 Å². The molecule has 0 saturated carbocycles. The number of aliphatic imine (C=N–C) groups is 1. The summed E-state index contributed by atoms with van der Waals surface area (Å²) in [5.41, 5.74) is 8.39.